The van der Waals surface area contributed by atoms with Crippen molar-refractivity contribution in [3.63, 3.8) is 0 Å². The maximum absolute atomic E-state index is 9.14. The molecule has 1 saturated carbocycles. The van der Waals surface area contributed by atoms with Gasteiger partial charge in [-0.05, 0) is 38.3 Å². The summed E-state index contributed by atoms with van der Waals surface area (Å²) in [4.78, 5) is 2.37. The van der Waals surface area contributed by atoms with Crippen LogP contribution in [-0.2, 0) is 0 Å². The second kappa shape index (κ2) is 1.95. The van der Waals surface area contributed by atoms with Crippen LogP contribution >= 0.6 is 0 Å². The van der Waals surface area contributed by atoms with Gasteiger partial charge in [0, 0.05) is 6.54 Å². The molecule has 0 aromatic rings. The second-order valence-corrected chi connectivity index (χ2v) is 4.05. The maximum atomic E-state index is 9.14. The van der Waals surface area contributed by atoms with Gasteiger partial charge in [-0.1, -0.05) is 0 Å². The molecule has 0 radical (unpaired) electrons. The van der Waals surface area contributed by atoms with Crippen molar-refractivity contribution in [3.8, 4) is 0 Å². The highest BCUT2D eigenvalue weighted by Gasteiger charge is 2.46. The summed E-state index contributed by atoms with van der Waals surface area (Å²) in [7, 11) is 2.17. The fourth-order valence-corrected chi connectivity index (χ4v) is 2.43. The van der Waals surface area contributed by atoms with Crippen molar-refractivity contribution in [3.05, 3.63) is 0 Å². The third-order valence-electron chi connectivity index (χ3n) is 2.97. The highest BCUT2D eigenvalue weighted by molar-refractivity contribution is 4.99. The molecule has 1 aliphatic heterocycles. The molecular weight excluding hydrogens is 126 g/mol. The van der Waals surface area contributed by atoms with Crippen LogP contribution < -0.4 is 0 Å². The van der Waals surface area contributed by atoms with Gasteiger partial charge in [0.15, 0.2) is 0 Å². The van der Waals surface area contributed by atoms with Gasteiger partial charge in [-0.15, -0.1) is 0 Å². The molecule has 0 atom stereocenters. The van der Waals surface area contributed by atoms with Crippen LogP contribution in [0.2, 0.25) is 0 Å². The summed E-state index contributed by atoms with van der Waals surface area (Å²) >= 11 is 0. The van der Waals surface area contributed by atoms with Gasteiger partial charge in [0.2, 0.25) is 0 Å². The van der Waals surface area contributed by atoms with E-state index in [1.54, 1.807) is 0 Å². The molecular formula is C8H15NO. The minimum Gasteiger partial charge on any atom is -0.393 e. The van der Waals surface area contributed by atoms with Gasteiger partial charge in [-0.3, -0.25) is 0 Å². The smallest absolute Gasteiger partial charge is 0.0551 e. The fraction of sp³-hybridized carbons (Fsp3) is 1.00. The Morgan fingerprint density at radius 3 is 2.60 bits per heavy atom. The van der Waals surface area contributed by atoms with Crippen molar-refractivity contribution in [1.82, 2.24) is 4.90 Å². The highest BCUT2D eigenvalue weighted by atomic mass is 16.3. The quantitative estimate of drug-likeness (QED) is 0.530. The van der Waals surface area contributed by atoms with Crippen molar-refractivity contribution in [2.45, 2.75) is 25.4 Å². The zero-order valence-electron chi connectivity index (χ0n) is 6.51. The summed E-state index contributed by atoms with van der Waals surface area (Å²) in [5.41, 5.74) is 0.536. The third-order valence-corrected chi connectivity index (χ3v) is 2.97. The first-order chi connectivity index (χ1) is 4.70. The zero-order valence-corrected chi connectivity index (χ0v) is 6.51. The summed E-state index contributed by atoms with van der Waals surface area (Å²) in [6.07, 6.45) is 3.43. The lowest BCUT2D eigenvalue weighted by atomic mass is 9.66. The first-order valence-corrected chi connectivity index (χ1v) is 4.07. The molecule has 10 heavy (non-hydrogen) atoms. The second-order valence-electron chi connectivity index (χ2n) is 4.05. The van der Waals surface area contributed by atoms with Gasteiger partial charge in [0.1, 0.15) is 0 Å². The Bertz CT molecular complexity index is 135. The van der Waals surface area contributed by atoms with Crippen molar-refractivity contribution in [2.75, 3.05) is 20.1 Å². The molecule has 1 N–H and O–H groups in total. The SMILES string of the molecule is CN1CCC2(CC(O)C2)C1. The zero-order chi connectivity index (χ0) is 7.19. The molecule has 0 aromatic heterocycles. The van der Waals surface area contributed by atoms with Crippen LogP contribution in [0.15, 0.2) is 0 Å². The Balaban J connectivity index is 1.95. The van der Waals surface area contributed by atoms with Crippen LogP contribution in [0.4, 0.5) is 0 Å². The normalized spacial score (nSPS) is 48.0. The Kier molecular flexibility index (Phi) is 1.29. The van der Waals surface area contributed by atoms with Gasteiger partial charge >= 0.3 is 0 Å². The molecule has 0 aromatic carbocycles. The van der Waals surface area contributed by atoms with E-state index in [1.807, 2.05) is 0 Å². The topological polar surface area (TPSA) is 23.5 Å². The average Bonchev–Trinajstić information content (AvgIpc) is 2.10. The van der Waals surface area contributed by atoms with Crippen LogP contribution in [0.3, 0.4) is 0 Å². The predicted octanol–water partition coefficient (Wildman–Crippen LogP) is 0.463. The number of hydrogen-bond acceptors (Lipinski definition) is 2. The molecule has 1 aliphatic carbocycles. The molecule has 0 amide bonds. The van der Waals surface area contributed by atoms with Gasteiger partial charge < -0.3 is 10.0 Å². The molecule has 0 bridgehead atoms. The van der Waals surface area contributed by atoms with Gasteiger partial charge in [0.05, 0.1) is 6.10 Å². The molecule has 2 nitrogen and oxygen atoms in total. The lowest BCUT2D eigenvalue weighted by Gasteiger charge is -2.42. The van der Waals surface area contributed by atoms with Crippen molar-refractivity contribution < 1.29 is 5.11 Å². The number of hydrogen-bond donors (Lipinski definition) is 1. The summed E-state index contributed by atoms with van der Waals surface area (Å²) in [5.74, 6) is 0. The Morgan fingerprint density at radius 2 is 2.20 bits per heavy atom. The maximum Gasteiger partial charge on any atom is 0.0551 e. The number of aliphatic hydroxyl groups excluding tert-OH is 1. The summed E-state index contributed by atoms with van der Waals surface area (Å²) in [6.45, 7) is 2.44. The van der Waals surface area contributed by atoms with Crippen LogP contribution in [-0.4, -0.2) is 36.2 Å². The van der Waals surface area contributed by atoms with E-state index in [1.165, 1.54) is 19.5 Å². The lowest BCUT2D eigenvalue weighted by molar-refractivity contribution is -0.0239. The monoisotopic (exact) mass is 141 g/mol. The lowest BCUT2D eigenvalue weighted by Crippen LogP contribution is -2.42. The molecule has 2 heteroatoms. The first kappa shape index (κ1) is 6.62. The summed E-state index contributed by atoms with van der Waals surface area (Å²) < 4.78 is 0. The number of aliphatic hydroxyl groups is 1. The van der Waals surface area contributed by atoms with Gasteiger partial charge in [-0.2, -0.15) is 0 Å². The highest BCUT2D eigenvalue weighted by Crippen LogP contribution is 2.47. The van der Waals surface area contributed by atoms with Crippen molar-refractivity contribution in [2.24, 2.45) is 5.41 Å². The van der Waals surface area contributed by atoms with E-state index in [9.17, 15) is 0 Å². The average molecular weight is 141 g/mol. The van der Waals surface area contributed by atoms with E-state index in [2.05, 4.69) is 11.9 Å². The number of likely N-dealkylation sites (tertiary alicyclic amines) is 1. The van der Waals surface area contributed by atoms with E-state index >= 15 is 0 Å². The van der Waals surface area contributed by atoms with Crippen LogP contribution in [0.1, 0.15) is 19.3 Å². The van der Waals surface area contributed by atoms with Gasteiger partial charge in [0.25, 0.3) is 0 Å². The van der Waals surface area contributed by atoms with Crippen LogP contribution in [0, 0.1) is 5.41 Å². The number of rotatable bonds is 0. The van der Waals surface area contributed by atoms with Crippen LogP contribution in [0.25, 0.3) is 0 Å². The minimum atomic E-state index is 0.0199. The molecule has 0 unspecified atom stereocenters. The molecule has 2 aliphatic rings. The first-order valence-electron chi connectivity index (χ1n) is 4.07. The number of nitrogens with zero attached hydrogens (tertiary/aromatic N) is 1. The molecule has 2 fully saturated rings. The molecule has 2 rings (SSSR count). The van der Waals surface area contributed by atoms with E-state index in [0.717, 1.165) is 12.8 Å². The standard InChI is InChI=1S/C8H15NO/c1-9-3-2-8(6-9)4-7(10)5-8/h7,10H,2-6H2,1H3. The van der Waals surface area contributed by atoms with Crippen LogP contribution in [0.5, 0.6) is 0 Å². The van der Waals surface area contributed by atoms with Crippen molar-refractivity contribution in [1.29, 1.82) is 0 Å². The molecule has 1 spiro atoms. The summed E-state index contributed by atoms with van der Waals surface area (Å²) in [5, 5.41) is 9.14. The predicted molar refractivity (Wildman–Crippen MR) is 39.8 cm³/mol. The molecule has 58 valence electrons. The van der Waals surface area contributed by atoms with E-state index in [0.29, 0.717) is 5.41 Å². The fourth-order valence-electron chi connectivity index (χ4n) is 2.43. The van der Waals surface area contributed by atoms with Gasteiger partial charge in [-0.25, -0.2) is 0 Å². The largest absolute Gasteiger partial charge is 0.393 e. The molecule has 1 saturated heterocycles. The Hall–Kier alpha value is -0.0800. The third kappa shape index (κ3) is 0.867. The van der Waals surface area contributed by atoms with E-state index in [-0.39, 0.29) is 6.10 Å². The van der Waals surface area contributed by atoms with E-state index in [4.69, 9.17) is 5.11 Å². The van der Waals surface area contributed by atoms with Crippen molar-refractivity contribution >= 4 is 0 Å². The van der Waals surface area contributed by atoms with E-state index < -0.39 is 0 Å². The Labute approximate surface area is 61.8 Å². The molecule has 1 heterocycles. The Morgan fingerprint density at radius 1 is 1.50 bits per heavy atom. The summed E-state index contributed by atoms with van der Waals surface area (Å²) in [6, 6.07) is 0. The minimum absolute atomic E-state index is 0.0199.